The molecule has 0 aliphatic heterocycles. The largest absolute Gasteiger partial charge is 0.484 e. The van der Waals surface area contributed by atoms with Crippen molar-refractivity contribution in [3.8, 4) is 11.6 Å². The fourth-order valence-corrected chi connectivity index (χ4v) is 3.69. The van der Waals surface area contributed by atoms with E-state index in [0.717, 1.165) is 29.5 Å². The molecule has 0 atom stereocenters. The number of hydrogen-bond acceptors (Lipinski definition) is 5. The van der Waals surface area contributed by atoms with Crippen molar-refractivity contribution >= 4 is 11.5 Å². The molecule has 1 N–H and O–H groups in total. The van der Waals surface area contributed by atoms with E-state index in [-0.39, 0.29) is 11.8 Å². The first-order valence-electron chi connectivity index (χ1n) is 9.67. The van der Waals surface area contributed by atoms with Crippen molar-refractivity contribution in [3.63, 3.8) is 0 Å². The number of fused-ring (bicyclic) bond motifs is 1. The van der Waals surface area contributed by atoms with Crippen LogP contribution in [0.2, 0.25) is 0 Å². The van der Waals surface area contributed by atoms with Crippen LogP contribution in [0.4, 0.5) is 0 Å². The van der Waals surface area contributed by atoms with Crippen molar-refractivity contribution in [2.75, 3.05) is 7.11 Å². The Bertz CT molecular complexity index is 1080. The van der Waals surface area contributed by atoms with Gasteiger partial charge in [-0.2, -0.15) is 0 Å². The zero-order valence-corrected chi connectivity index (χ0v) is 16.7. The standard InChI is InChI=1S/C24H22N2O4/c1-15(9-16-7-8-25-21(10-16)24(27)28)19-13-22(23(29-2)26-14-19)30-20-11-17-5-3-4-6-18(17)12-20/h3-8,10,13-14,20H,1,9,11-12H2,2H3,(H,27,28). The van der Waals surface area contributed by atoms with Gasteiger partial charge in [0, 0.05) is 25.2 Å². The van der Waals surface area contributed by atoms with Crippen LogP contribution in [0.25, 0.3) is 5.57 Å². The quantitative estimate of drug-likeness (QED) is 0.644. The minimum atomic E-state index is -1.05. The Kier molecular flexibility index (Phi) is 5.48. The Hall–Kier alpha value is -3.67. The lowest BCUT2D eigenvalue weighted by Crippen LogP contribution is -2.17. The van der Waals surface area contributed by atoms with Gasteiger partial charge < -0.3 is 14.6 Å². The fraction of sp³-hybridized carbons (Fsp3) is 0.208. The summed E-state index contributed by atoms with van der Waals surface area (Å²) >= 11 is 0. The fourth-order valence-electron chi connectivity index (χ4n) is 3.69. The molecule has 3 aromatic rings. The van der Waals surface area contributed by atoms with E-state index in [4.69, 9.17) is 14.6 Å². The van der Waals surface area contributed by atoms with Gasteiger partial charge in [-0.25, -0.2) is 14.8 Å². The number of benzene rings is 1. The van der Waals surface area contributed by atoms with Gasteiger partial charge in [0.15, 0.2) is 5.75 Å². The second-order valence-electron chi connectivity index (χ2n) is 7.28. The Morgan fingerprint density at radius 1 is 1.17 bits per heavy atom. The van der Waals surface area contributed by atoms with Crippen molar-refractivity contribution < 1.29 is 19.4 Å². The summed E-state index contributed by atoms with van der Waals surface area (Å²) in [6.07, 6.45) is 5.38. The van der Waals surface area contributed by atoms with Crippen LogP contribution in [0, 0.1) is 0 Å². The molecule has 0 radical (unpaired) electrons. The average molecular weight is 402 g/mol. The third-order valence-corrected chi connectivity index (χ3v) is 5.19. The number of methoxy groups -OCH3 is 1. The number of allylic oxidation sites excluding steroid dienone is 1. The third kappa shape index (κ3) is 4.17. The number of nitrogens with zero attached hydrogens (tertiary/aromatic N) is 2. The molecule has 152 valence electrons. The minimum Gasteiger partial charge on any atom is -0.484 e. The van der Waals surface area contributed by atoms with Crippen molar-refractivity contribution in [2.24, 2.45) is 0 Å². The van der Waals surface area contributed by atoms with Crippen LogP contribution >= 0.6 is 0 Å². The summed E-state index contributed by atoms with van der Waals surface area (Å²) in [6, 6.07) is 13.6. The third-order valence-electron chi connectivity index (χ3n) is 5.19. The van der Waals surface area contributed by atoms with Gasteiger partial charge in [0.1, 0.15) is 11.8 Å². The second-order valence-corrected chi connectivity index (χ2v) is 7.28. The Morgan fingerprint density at radius 3 is 2.57 bits per heavy atom. The van der Waals surface area contributed by atoms with Crippen LogP contribution in [0.5, 0.6) is 11.6 Å². The van der Waals surface area contributed by atoms with Crippen molar-refractivity contribution in [3.05, 3.63) is 89.4 Å². The number of carboxylic acid groups (broad SMARTS) is 1. The van der Waals surface area contributed by atoms with Crippen molar-refractivity contribution in [1.82, 2.24) is 9.97 Å². The smallest absolute Gasteiger partial charge is 0.354 e. The number of ether oxygens (including phenoxy) is 2. The molecule has 1 aliphatic carbocycles. The van der Waals surface area contributed by atoms with Gasteiger partial charge >= 0.3 is 5.97 Å². The monoisotopic (exact) mass is 402 g/mol. The lowest BCUT2D eigenvalue weighted by molar-refractivity contribution is 0.0690. The summed E-state index contributed by atoms with van der Waals surface area (Å²) in [5.41, 5.74) is 5.06. The van der Waals surface area contributed by atoms with E-state index >= 15 is 0 Å². The van der Waals surface area contributed by atoms with Crippen LogP contribution in [0.15, 0.2) is 61.4 Å². The number of aromatic nitrogens is 2. The van der Waals surface area contributed by atoms with Gasteiger partial charge in [0.2, 0.25) is 0 Å². The molecule has 6 nitrogen and oxygen atoms in total. The SMILES string of the molecule is C=C(Cc1ccnc(C(=O)O)c1)c1cnc(OC)c(OC2Cc3ccccc3C2)c1. The Balaban J connectivity index is 1.52. The van der Waals surface area contributed by atoms with Gasteiger partial charge in [0.05, 0.1) is 7.11 Å². The maximum absolute atomic E-state index is 11.1. The van der Waals surface area contributed by atoms with Crippen LogP contribution in [0.3, 0.4) is 0 Å². The van der Waals surface area contributed by atoms with Crippen LogP contribution in [0.1, 0.15) is 32.7 Å². The predicted molar refractivity (Wildman–Crippen MR) is 113 cm³/mol. The zero-order valence-electron chi connectivity index (χ0n) is 16.7. The van der Waals surface area contributed by atoms with Gasteiger partial charge in [-0.05, 0) is 52.4 Å². The highest BCUT2D eigenvalue weighted by Gasteiger charge is 2.24. The van der Waals surface area contributed by atoms with E-state index in [0.29, 0.717) is 18.1 Å². The average Bonchev–Trinajstić information content (AvgIpc) is 3.16. The predicted octanol–water partition coefficient (Wildman–Crippen LogP) is 3.99. The molecule has 2 heterocycles. The maximum Gasteiger partial charge on any atom is 0.354 e. The van der Waals surface area contributed by atoms with Crippen LogP contribution in [-0.2, 0) is 19.3 Å². The van der Waals surface area contributed by atoms with Crippen LogP contribution < -0.4 is 9.47 Å². The summed E-state index contributed by atoms with van der Waals surface area (Å²) in [5, 5.41) is 9.13. The number of hydrogen-bond donors (Lipinski definition) is 1. The Morgan fingerprint density at radius 2 is 1.90 bits per heavy atom. The van der Waals surface area contributed by atoms with Gasteiger partial charge in [0.25, 0.3) is 5.88 Å². The summed E-state index contributed by atoms with van der Waals surface area (Å²) in [4.78, 5) is 19.4. The van der Waals surface area contributed by atoms with Crippen LogP contribution in [-0.4, -0.2) is 34.3 Å². The molecule has 0 spiro atoms. The molecule has 6 heteroatoms. The molecular weight excluding hydrogens is 380 g/mol. The molecule has 2 aromatic heterocycles. The minimum absolute atomic E-state index is 0.0120. The molecule has 30 heavy (non-hydrogen) atoms. The molecule has 4 rings (SSSR count). The number of carboxylic acids is 1. The highest BCUT2D eigenvalue weighted by molar-refractivity contribution is 5.85. The van der Waals surface area contributed by atoms with E-state index in [9.17, 15) is 4.79 Å². The first-order chi connectivity index (χ1) is 14.5. The van der Waals surface area contributed by atoms with Crippen molar-refractivity contribution in [1.29, 1.82) is 0 Å². The highest BCUT2D eigenvalue weighted by Crippen LogP contribution is 2.32. The molecule has 0 amide bonds. The number of carbonyl (C=O) groups is 1. The van der Waals surface area contributed by atoms with Gasteiger partial charge in [-0.3, -0.25) is 0 Å². The Labute approximate surface area is 174 Å². The number of aromatic carboxylic acids is 1. The molecule has 0 bridgehead atoms. The lowest BCUT2D eigenvalue weighted by atomic mass is 10.0. The highest BCUT2D eigenvalue weighted by atomic mass is 16.5. The van der Waals surface area contributed by atoms with Gasteiger partial charge in [-0.15, -0.1) is 0 Å². The van der Waals surface area contributed by atoms with E-state index in [1.165, 1.54) is 17.3 Å². The molecule has 0 unspecified atom stereocenters. The van der Waals surface area contributed by atoms with E-state index in [1.807, 2.05) is 18.2 Å². The summed E-state index contributed by atoms with van der Waals surface area (Å²) in [6.45, 7) is 4.15. The molecule has 1 aliphatic rings. The summed E-state index contributed by atoms with van der Waals surface area (Å²) in [5.74, 6) is -0.0451. The molecular formula is C24H22N2O4. The summed E-state index contributed by atoms with van der Waals surface area (Å²) in [7, 11) is 1.57. The zero-order chi connectivity index (χ0) is 21.1. The topological polar surface area (TPSA) is 81.5 Å². The summed E-state index contributed by atoms with van der Waals surface area (Å²) < 4.78 is 11.6. The number of pyridine rings is 2. The molecule has 0 fully saturated rings. The molecule has 0 saturated carbocycles. The first-order valence-corrected chi connectivity index (χ1v) is 9.67. The van der Waals surface area contributed by atoms with Crippen molar-refractivity contribution in [2.45, 2.75) is 25.4 Å². The van der Waals surface area contributed by atoms with E-state index < -0.39 is 5.97 Å². The number of rotatable bonds is 7. The first kappa shape index (κ1) is 19.6. The maximum atomic E-state index is 11.1. The lowest BCUT2D eigenvalue weighted by Gasteiger charge is -2.17. The molecule has 1 aromatic carbocycles. The van der Waals surface area contributed by atoms with Gasteiger partial charge in [-0.1, -0.05) is 30.8 Å². The second kappa shape index (κ2) is 8.37. The van der Waals surface area contributed by atoms with E-state index in [2.05, 4.69) is 28.7 Å². The normalized spacial score (nSPS) is 13.0. The molecule has 0 saturated heterocycles. The van der Waals surface area contributed by atoms with E-state index in [1.54, 1.807) is 25.4 Å².